The van der Waals surface area contributed by atoms with Crippen LogP contribution in [0.15, 0.2) is 12.3 Å². The predicted octanol–water partition coefficient (Wildman–Crippen LogP) is 2.67. The molecule has 140 valence electrons. The van der Waals surface area contributed by atoms with Gasteiger partial charge in [0.05, 0.1) is 13.2 Å². The summed E-state index contributed by atoms with van der Waals surface area (Å²) in [7, 11) is 1.37. The molecule has 25 heavy (non-hydrogen) atoms. The van der Waals surface area contributed by atoms with Crippen molar-refractivity contribution >= 4 is 11.9 Å². The van der Waals surface area contributed by atoms with Crippen LogP contribution in [0.2, 0.25) is 0 Å². The molecule has 1 aromatic rings. The number of nitrogens with zero attached hydrogens (tertiary/aromatic N) is 1. The molecule has 2 atom stereocenters. The number of carbonyl (C=O) groups excluding carboxylic acids is 2. The van der Waals surface area contributed by atoms with Gasteiger partial charge in [-0.3, -0.25) is 4.79 Å². The van der Waals surface area contributed by atoms with Gasteiger partial charge in [-0.1, -0.05) is 26.7 Å². The van der Waals surface area contributed by atoms with Gasteiger partial charge in [0, 0.05) is 12.3 Å². The Labute approximate surface area is 148 Å². The molecule has 0 aliphatic rings. The first-order valence-corrected chi connectivity index (χ1v) is 8.57. The van der Waals surface area contributed by atoms with Crippen molar-refractivity contribution in [2.45, 2.75) is 59.1 Å². The highest BCUT2D eigenvalue weighted by Crippen LogP contribution is 2.27. The number of pyridine rings is 1. The van der Waals surface area contributed by atoms with Crippen molar-refractivity contribution in [2.24, 2.45) is 5.92 Å². The Morgan fingerprint density at radius 2 is 1.92 bits per heavy atom. The van der Waals surface area contributed by atoms with Crippen LogP contribution in [-0.4, -0.2) is 41.2 Å². The van der Waals surface area contributed by atoms with Crippen LogP contribution >= 0.6 is 0 Å². The van der Waals surface area contributed by atoms with Gasteiger partial charge in [0.2, 0.25) is 0 Å². The molecule has 7 nitrogen and oxygen atoms in total. The Kier molecular flexibility index (Phi) is 8.18. The van der Waals surface area contributed by atoms with E-state index in [2.05, 4.69) is 24.1 Å². The van der Waals surface area contributed by atoms with Crippen molar-refractivity contribution in [1.29, 1.82) is 0 Å². The maximum atomic E-state index is 12.2. The van der Waals surface area contributed by atoms with Crippen molar-refractivity contribution in [2.75, 3.05) is 7.11 Å². The van der Waals surface area contributed by atoms with Crippen LogP contribution in [0.1, 0.15) is 57.4 Å². The molecule has 0 saturated carbocycles. The molecule has 7 heteroatoms. The van der Waals surface area contributed by atoms with Gasteiger partial charge < -0.3 is 19.9 Å². The number of ether oxygens (including phenoxy) is 2. The number of nitrogens with one attached hydrogen (secondary N) is 1. The Balaban J connectivity index is 2.64. The summed E-state index contributed by atoms with van der Waals surface area (Å²) in [4.78, 5) is 28.2. The summed E-state index contributed by atoms with van der Waals surface area (Å²) in [6.45, 7) is 7.60. The number of hydrogen-bond acceptors (Lipinski definition) is 6. The molecule has 0 aromatic carbocycles. The number of esters is 1. The third-order valence-corrected chi connectivity index (χ3v) is 4.16. The smallest absolute Gasteiger partial charge is 0.328 e. The van der Waals surface area contributed by atoms with E-state index in [1.54, 1.807) is 0 Å². The van der Waals surface area contributed by atoms with Gasteiger partial charge in [-0.2, -0.15) is 0 Å². The fraction of sp³-hybridized carbons (Fsp3) is 0.611. The van der Waals surface area contributed by atoms with E-state index in [-0.39, 0.29) is 23.3 Å². The molecule has 0 spiro atoms. The van der Waals surface area contributed by atoms with Crippen molar-refractivity contribution in [1.82, 2.24) is 10.3 Å². The summed E-state index contributed by atoms with van der Waals surface area (Å²) >= 11 is 0. The van der Waals surface area contributed by atoms with Crippen LogP contribution in [0, 0.1) is 5.92 Å². The maximum absolute atomic E-state index is 12.2. The van der Waals surface area contributed by atoms with E-state index in [1.165, 1.54) is 26.3 Å². The number of rotatable bonds is 9. The van der Waals surface area contributed by atoms with Crippen LogP contribution in [-0.2, 0) is 9.53 Å². The van der Waals surface area contributed by atoms with E-state index in [0.717, 1.165) is 19.3 Å². The van der Waals surface area contributed by atoms with Crippen molar-refractivity contribution in [3.63, 3.8) is 0 Å². The Morgan fingerprint density at radius 1 is 1.28 bits per heavy atom. The van der Waals surface area contributed by atoms with E-state index in [4.69, 9.17) is 9.47 Å². The molecule has 1 amide bonds. The highest BCUT2D eigenvalue weighted by atomic mass is 16.5. The molecule has 0 radical (unpaired) electrons. The summed E-state index contributed by atoms with van der Waals surface area (Å²) in [6.07, 6.45) is 3.98. The van der Waals surface area contributed by atoms with E-state index in [9.17, 15) is 14.7 Å². The van der Waals surface area contributed by atoms with Gasteiger partial charge in [0.1, 0.15) is 6.04 Å². The molecule has 0 saturated heterocycles. The highest BCUT2D eigenvalue weighted by molar-refractivity contribution is 5.97. The quantitative estimate of drug-likeness (QED) is 0.663. The Hall–Kier alpha value is -2.31. The predicted molar refractivity (Wildman–Crippen MR) is 93.6 cm³/mol. The molecule has 0 bridgehead atoms. The van der Waals surface area contributed by atoms with Gasteiger partial charge in [0.15, 0.2) is 17.2 Å². The lowest BCUT2D eigenvalue weighted by Gasteiger charge is -2.21. The molecule has 0 aliphatic heterocycles. The fourth-order valence-electron chi connectivity index (χ4n) is 2.53. The first-order chi connectivity index (χ1) is 11.8. The number of amides is 1. The van der Waals surface area contributed by atoms with Crippen LogP contribution in [0.25, 0.3) is 0 Å². The summed E-state index contributed by atoms with van der Waals surface area (Å²) < 4.78 is 10.3. The Morgan fingerprint density at radius 3 is 2.48 bits per heavy atom. The zero-order valence-electron chi connectivity index (χ0n) is 15.5. The van der Waals surface area contributed by atoms with E-state index in [0.29, 0.717) is 5.92 Å². The van der Waals surface area contributed by atoms with E-state index >= 15 is 0 Å². The lowest BCUT2D eigenvalue weighted by atomic mass is 9.97. The van der Waals surface area contributed by atoms with E-state index in [1.807, 2.05) is 6.92 Å². The van der Waals surface area contributed by atoms with Gasteiger partial charge in [-0.15, -0.1) is 0 Å². The topological polar surface area (TPSA) is 97.8 Å². The first-order valence-electron chi connectivity index (χ1n) is 8.57. The summed E-state index contributed by atoms with van der Waals surface area (Å²) in [5.41, 5.74) is -0.205. The van der Waals surface area contributed by atoms with Crippen molar-refractivity contribution in [3.8, 4) is 11.5 Å². The number of methoxy groups -OCH3 is 1. The third kappa shape index (κ3) is 5.92. The number of aromatic hydroxyl groups is 1. The standard InChI is InChI=1S/C18H28N2O5/c1-6-13(7-2)10-11(3)25-18(23)12(4)20-17(22)15-16(21)14(24-5)8-9-19-15/h8-9,11-13,21H,6-7,10H2,1-5H3,(H,20,22)/t11?,12-/m0/s1. The van der Waals surface area contributed by atoms with Crippen LogP contribution in [0.5, 0.6) is 11.5 Å². The van der Waals surface area contributed by atoms with Crippen LogP contribution in [0.4, 0.5) is 0 Å². The minimum Gasteiger partial charge on any atom is -0.503 e. The second-order valence-electron chi connectivity index (χ2n) is 6.07. The second kappa shape index (κ2) is 9.86. The van der Waals surface area contributed by atoms with Crippen molar-refractivity contribution < 1.29 is 24.2 Å². The number of carbonyl (C=O) groups is 2. The Bertz CT molecular complexity index is 587. The SMILES string of the molecule is CCC(CC)CC(C)OC(=O)[C@H](C)NC(=O)c1nccc(OC)c1O. The molecule has 0 fully saturated rings. The molecule has 1 heterocycles. The summed E-state index contributed by atoms with van der Waals surface area (Å²) in [6, 6.07) is 0.577. The number of hydrogen-bond donors (Lipinski definition) is 2. The van der Waals surface area contributed by atoms with Crippen LogP contribution in [0.3, 0.4) is 0 Å². The van der Waals surface area contributed by atoms with Crippen LogP contribution < -0.4 is 10.1 Å². The minimum absolute atomic E-state index is 0.133. The van der Waals surface area contributed by atoms with Crippen molar-refractivity contribution in [3.05, 3.63) is 18.0 Å². The lowest BCUT2D eigenvalue weighted by Crippen LogP contribution is -2.41. The van der Waals surface area contributed by atoms with Gasteiger partial charge in [0.25, 0.3) is 5.91 Å². The molecule has 1 aromatic heterocycles. The third-order valence-electron chi connectivity index (χ3n) is 4.16. The average Bonchev–Trinajstić information content (AvgIpc) is 2.59. The molecular weight excluding hydrogens is 324 g/mol. The average molecular weight is 352 g/mol. The monoisotopic (exact) mass is 352 g/mol. The normalized spacial score (nSPS) is 13.2. The summed E-state index contributed by atoms with van der Waals surface area (Å²) in [5.74, 6) is -0.923. The summed E-state index contributed by atoms with van der Waals surface area (Å²) in [5, 5.41) is 12.4. The molecule has 2 N–H and O–H groups in total. The minimum atomic E-state index is -0.857. The highest BCUT2D eigenvalue weighted by Gasteiger charge is 2.24. The number of aromatic nitrogens is 1. The van der Waals surface area contributed by atoms with Gasteiger partial charge >= 0.3 is 5.97 Å². The first kappa shape index (κ1) is 20.7. The fourth-order valence-corrected chi connectivity index (χ4v) is 2.53. The lowest BCUT2D eigenvalue weighted by molar-refractivity contribution is -0.150. The second-order valence-corrected chi connectivity index (χ2v) is 6.07. The largest absolute Gasteiger partial charge is 0.503 e. The zero-order valence-corrected chi connectivity index (χ0v) is 15.5. The molecule has 1 rings (SSSR count). The molecule has 0 aliphatic carbocycles. The van der Waals surface area contributed by atoms with E-state index < -0.39 is 17.9 Å². The molecular formula is C18H28N2O5. The molecule has 1 unspecified atom stereocenters. The van der Waals surface area contributed by atoms with Gasteiger partial charge in [-0.05, 0) is 26.2 Å². The van der Waals surface area contributed by atoms with Gasteiger partial charge in [-0.25, -0.2) is 9.78 Å². The zero-order chi connectivity index (χ0) is 19.0. The maximum Gasteiger partial charge on any atom is 0.328 e.